The van der Waals surface area contributed by atoms with Crippen LogP contribution in [0.2, 0.25) is 0 Å². The van der Waals surface area contributed by atoms with Gasteiger partial charge in [0, 0.05) is 6.42 Å². The van der Waals surface area contributed by atoms with E-state index in [1.54, 1.807) is 12.8 Å². The van der Waals surface area contributed by atoms with E-state index in [-0.39, 0.29) is 5.60 Å². The molecule has 4 saturated carbocycles. The lowest BCUT2D eigenvalue weighted by Gasteiger charge is -2.60. The van der Waals surface area contributed by atoms with Gasteiger partial charge < -0.3 is 4.74 Å². The van der Waals surface area contributed by atoms with Crippen LogP contribution in [0.5, 0.6) is 0 Å². The van der Waals surface area contributed by atoms with Crippen molar-refractivity contribution in [3.8, 4) is 0 Å². The van der Waals surface area contributed by atoms with Gasteiger partial charge in [0.05, 0.1) is 5.76 Å². The minimum atomic E-state index is -0.103. The first-order valence-corrected chi connectivity index (χ1v) is 13.0. The number of allylic oxidation sites excluding steroid dienone is 1. The molecule has 1 nitrogen and oxygen atoms in total. The molecule has 4 aliphatic carbocycles. The lowest BCUT2D eigenvalue weighted by molar-refractivity contribution is -0.111. The number of hydrogen-bond acceptors (Lipinski definition) is 1. The second-order valence-corrected chi connectivity index (χ2v) is 12.9. The standard InChI is InChI=1S/C28H48O/c1-20(29-26(2,3)4)10-9-12-22-14-16-24-23-15-13-21-11-7-8-18-27(21,5)25(23)17-19-28(22,24)6/h21-25H,1,7-19H2,2-6H3. The molecular weight excluding hydrogens is 352 g/mol. The van der Waals surface area contributed by atoms with Crippen LogP contribution in [-0.4, -0.2) is 5.60 Å². The molecule has 0 amide bonds. The summed E-state index contributed by atoms with van der Waals surface area (Å²) in [6.07, 6.45) is 18.9. The largest absolute Gasteiger partial charge is 0.493 e. The van der Waals surface area contributed by atoms with E-state index in [9.17, 15) is 0 Å². The van der Waals surface area contributed by atoms with Crippen molar-refractivity contribution in [3.63, 3.8) is 0 Å². The molecule has 29 heavy (non-hydrogen) atoms. The van der Waals surface area contributed by atoms with Crippen molar-refractivity contribution in [1.29, 1.82) is 0 Å². The van der Waals surface area contributed by atoms with Crippen LogP contribution >= 0.6 is 0 Å². The van der Waals surface area contributed by atoms with Crippen LogP contribution in [0.25, 0.3) is 0 Å². The summed E-state index contributed by atoms with van der Waals surface area (Å²) in [5, 5.41) is 0. The fourth-order valence-electron chi connectivity index (χ4n) is 8.91. The molecule has 1 heteroatoms. The zero-order chi connectivity index (χ0) is 20.9. The van der Waals surface area contributed by atoms with Gasteiger partial charge in [-0.25, -0.2) is 0 Å². The van der Waals surface area contributed by atoms with Crippen molar-refractivity contribution in [1.82, 2.24) is 0 Å². The second kappa shape index (κ2) is 7.90. The molecule has 0 aromatic carbocycles. The summed E-state index contributed by atoms with van der Waals surface area (Å²) in [5.41, 5.74) is 1.20. The van der Waals surface area contributed by atoms with Crippen LogP contribution in [0.1, 0.15) is 118 Å². The van der Waals surface area contributed by atoms with Crippen LogP contribution < -0.4 is 0 Å². The van der Waals surface area contributed by atoms with Gasteiger partial charge in [-0.05, 0) is 125 Å². The van der Waals surface area contributed by atoms with Gasteiger partial charge in [-0.2, -0.15) is 0 Å². The van der Waals surface area contributed by atoms with Gasteiger partial charge in [0.15, 0.2) is 0 Å². The molecule has 4 aliphatic rings. The molecule has 4 rings (SSSR count). The molecular formula is C28H48O. The molecule has 166 valence electrons. The maximum Gasteiger partial charge on any atom is 0.100 e. The Balaban J connectivity index is 1.37. The van der Waals surface area contributed by atoms with Crippen molar-refractivity contribution in [2.24, 2.45) is 40.4 Å². The van der Waals surface area contributed by atoms with Crippen molar-refractivity contribution in [3.05, 3.63) is 12.3 Å². The number of ether oxygens (including phenoxy) is 1. The molecule has 0 bridgehead atoms. The zero-order valence-corrected chi connectivity index (χ0v) is 20.2. The third kappa shape index (κ3) is 4.06. The Hall–Kier alpha value is -0.460. The highest BCUT2D eigenvalue weighted by Crippen LogP contribution is 2.67. The molecule has 0 aromatic heterocycles. The molecule has 0 aromatic rings. The van der Waals surface area contributed by atoms with E-state index >= 15 is 0 Å². The van der Waals surface area contributed by atoms with Crippen LogP contribution in [0.15, 0.2) is 12.3 Å². The molecule has 0 N–H and O–H groups in total. The average molecular weight is 401 g/mol. The van der Waals surface area contributed by atoms with Gasteiger partial charge in [0.2, 0.25) is 0 Å². The van der Waals surface area contributed by atoms with E-state index in [1.165, 1.54) is 64.2 Å². The SMILES string of the molecule is C=C(CCCC1CCC2C3CCC4CCCCC4(C)C3CCC12C)OC(C)(C)C. The summed E-state index contributed by atoms with van der Waals surface area (Å²) in [5.74, 6) is 6.07. The zero-order valence-electron chi connectivity index (χ0n) is 20.2. The van der Waals surface area contributed by atoms with Gasteiger partial charge in [-0.15, -0.1) is 0 Å². The summed E-state index contributed by atoms with van der Waals surface area (Å²) in [7, 11) is 0. The number of rotatable bonds is 5. The van der Waals surface area contributed by atoms with E-state index in [0.717, 1.165) is 41.8 Å². The Labute approximate surface area is 181 Å². The minimum Gasteiger partial charge on any atom is -0.493 e. The average Bonchev–Trinajstić information content (AvgIpc) is 2.96. The molecule has 0 saturated heterocycles. The van der Waals surface area contributed by atoms with Crippen LogP contribution in [0, 0.1) is 40.4 Å². The highest BCUT2D eigenvalue weighted by atomic mass is 16.5. The quantitative estimate of drug-likeness (QED) is 0.420. The first-order chi connectivity index (χ1) is 13.6. The maximum absolute atomic E-state index is 5.97. The minimum absolute atomic E-state index is 0.103. The van der Waals surface area contributed by atoms with E-state index in [2.05, 4.69) is 41.2 Å². The Kier molecular flexibility index (Phi) is 5.93. The molecule has 0 heterocycles. The smallest absolute Gasteiger partial charge is 0.100 e. The predicted octanol–water partition coefficient (Wildman–Crippen LogP) is 8.53. The topological polar surface area (TPSA) is 9.23 Å². The monoisotopic (exact) mass is 400 g/mol. The van der Waals surface area contributed by atoms with E-state index in [1.807, 2.05) is 0 Å². The second-order valence-electron chi connectivity index (χ2n) is 12.9. The van der Waals surface area contributed by atoms with Crippen LogP contribution in [-0.2, 0) is 4.74 Å². The predicted molar refractivity (Wildman–Crippen MR) is 124 cm³/mol. The Bertz CT molecular complexity index is 600. The van der Waals surface area contributed by atoms with E-state index in [0.29, 0.717) is 10.8 Å². The van der Waals surface area contributed by atoms with E-state index < -0.39 is 0 Å². The Morgan fingerprint density at radius 1 is 0.897 bits per heavy atom. The lowest BCUT2D eigenvalue weighted by atomic mass is 9.45. The van der Waals surface area contributed by atoms with Gasteiger partial charge in [-0.3, -0.25) is 0 Å². The Morgan fingerprint density at radius 2 is 1.66 bits per heavy atom. The summed E-state index contributed by atoms with van der Waals surface area (Å²) in [4.78, 5) is 0. The van der Waals surface area contributed by atoms with Crippen LogP contribution in [0.3, 0.4) is 0 Å². The van der Waals surface area contributed by atoms with Crippen molar-refractivity contribution < 1.29 is 4.74 Å². The lowest BCUT2D eigenvalue weighted by Crippen LogP contribution is -2.52. The molecule has 4 fully saturated rings. The fourth-order valence-corrected chi connectivity index (χ4v) is 8.91. The van der Waals surface area contributed by atoms with Crippen LogP contribution in [0.4, 0.5) is 0 Å². The third-order valence-corrected chi connectivity index (χ3v) is 10.2. The highest BCUT2D eigenvalue weighted by molar-refractivity contribution is 5.08. The normalized spacial score (nSPS) is 44.5. The van der Waals surface area contributed by atoms with Gasteiger partial charge >= 0.3 is 0 Å². The molecule has 7 unspecified atom stereocenters. The molecule has 7 atom stereocenters. The highest BCUT2D eigenvalue weighted by Gasteiger charge is 2.59. The van der Waals surface area contributed by atoms with Crippen molar-refractivity contribution in [2.45, 2.75) is 124 Å². The number of hydrogen-bond donors (Lipinski definition) is 0. The third-order valence-electron chi connectivity index (χ3n) is 10.2. The summed E-state index contributed by atoms with van der Waals surface area (Å²) < 4.78 is 5.97. The summed E-state index contributed by atoms with van der Waals surface area (Å²) in [6.45, 7) is 16.0. The first-order valence-electron chi connectivity index (χ1n) is 13.0. The summed E-state index contributed by atoms with van der Waals surface area (Å²) >= 11 is 0. The van der Waals surface area contributed by atoms with Crippen molar-refractivity contribution in [2.75, 3.05) is 0 Å². The van der Waals surface area contributed by atoms with Gasteiger partial charge in [-0.1, -0.05) is 33.3 Å². The Morgan fingerprint density at radius 3 is 2.41 bits per heavy atom. The van der Waals surface area contributed by atoms with Gasteiger partial charge in [0.1, 0.15) is 5.60 Å². The van der Waals surface area contributed by atoms with Crippen molar-refractivity contribution >= 4 is 0 Å². The molecule has 0 spiro atoms. The molecule has 0 aliphatic heterocycles. The molecule has 0 radical (unpaired) electrons. The van der Waals surface area contributed by atoms with Gasteiger partial charge in [0.25, 0.3) is 0 Å². The first kappa shape index (κ1) is 21.8. The number of fused-ring (bicyclic) bond motifs is 5. The maximum atomic E-state index is 5.97. The fraction of sp³-hybridized carbons (Fsp3) is 0.929. The van der Waals surface area contributed by atoms with E-state index in [4.69, 9.17) is 4.74 Å². The summed E-state index contributed by atoms with van der Waals surface area (Å²) in [6, 6.07) is 0.